The van der Waals surface area contributed by atoms with E-state index in [1.807, 2.05) is 0 Å². The Labute approximate surface area is 733 Å². The summed E-state index contributed by atoms with van der Waals surface area (Å²) in [6.45, 7) is 40.5. The number of fused-ring (bicyclic) bond motifs is 21. The van der Waals surface area contributed by atoms with Crippen LogP contribution in [0.1, 0.15) is 191 Å². The summed E-state index contributed by atoms with van der Waals surface area (Å²) in [6.07, 6.45) is 0. The molecule has 0 N–H and O–H groups in total. The van der Waals surface area contributed by atoms with Crippen molar-refractivity contribution in [3.8, 4) is 39.1 Å². The molecule has 0 saturated heterocycles. The minimum absolute atomic E-state index is 0.0111. The van der Waals surface area contributed by atoms with Crippen LogP contribution < -0.4 is 52.4 Å². The summed E-state index contributed by atoms with van der Waals surface area (Å²) in [7, 11) is 0. The molecule has 0 unspecified atom stereocenters. The van der Waals surface area contributed by atoms with E-state index in [0.29, 0.717) is 5.69 Å². The molecule has 5 nitrogen and oxygen atoms in total. The second-order valence-corrected chi connectivity index (χ2v) is 41.2. The lowest BCUT2D eigenvalue weighted by atomic mass is 9.30. The van der Waals surface area contributed by atoms with E-state index in [1.165, 1.54) is 72.1 Å². The first kappa shape index (κ1) is 67.1. The first-order valence-corrected chi connectivity index (χ1v) is 43.5. The van der Waals surface area contributed by atoms with Gasteiger partial charge in [-0.3, -0.25) is 0 Å². The van der Waals surface area contributed by atoms with Gasteiger partial charge in [-0.1, -0.05) is 331 Å². The molecule has 2 aliphatic carbocycles. The molecule has 0 amide bonds. The van der Waals surface area contributed by atoms with Crippen LogP contribution in [-0.2, 0) is 37.9 Å². The van der Waals surface area contributed by atoms with E-state index in [0.717, 1.165) is 118 Å². The van der Waals surface area contributed by atoms with E-state index in [4.69, 9.17) is 0 Å². The largest absolute Gasteiger partial charge is 0.311 e. The Morgan fingerprint density at radius 1 is 0.254 bits per heavy atom. The van der Waals surface area contributed by atoms with Crippen molar-refractivity contribution in [1.82, 2.24) is 4.57 Å². The summed E-state index contributed by atoms with van der Waals surface area (Å²) in [5, 5.41) is 0.0222. The van der Waals surface area contributed by atoms with Crippen LogP contribution in [0.15, 0.2) is 309 Å². The zero-order chi connectivity index (χ0) is 91.1. The average Bonchev–Trinajstić information content (AvgIpc) is 1.11. The highest BCUT2D eigenvalue weighted by Crippen LogP contribution is 2.65. The lowest BCUT2D eigenvalue weighted by molar-refractivity contribution is 0.568. The molecule has 1 aromatic heterocycles. The fourth-order valence-electron chi connectivity index (χ4n) is 21.3. The van der Waals surface area contributed by atoms with Crippen molar-refractivity contribution < 1.29 is 11.0 Å². The monoisotopic (exact) mass is 1590 g/mol. The van der Waals surface area contributed by atoms with Gasteiger partial charge < -0.3 is 24.2 Å². The van der Waals surface area contributed by atoms with Gasteiger partial charge in [0.05, 0.1) is 33.1 Å². The molecule has 0 atom stereocenters. The molecule has 16 aromatic rings. The van der Waals surface area contributed by atoms with Crippen LogP contribution in [0.25, 0.3) is 60.9 Å². The van der Waals surface area contributed by atoms with Gasteiger partial charge >= 0.3 is 0 Å². The highest BCUT2D eigenvalue weighted by atomic mass is 15.2. The molecule has 4 aliphatic heterocycles. The molecule has 1 spiro atoms. The highest BCUT2D eigenvalue weighted by Gasteiger charge is 2.55. The summed E-state index contributed by atoms with van der Waals surface area (Å²) in [6, 6.07) is 96.2. The van der Waals surface area contributed by atoms with Crippen LogP contribution in [0.2, 0.25) is 0 Å². The average molecular weight is 1590 g/mol. The van der Waals surface area contributed by atoms with Crippen molar-refractivity contribution in [2.45, 2.75) is 163 Å². The molecule has 596 valence electrons. The first-order valence-electron chi connectivity index (χ1n) is 47.5. The molecule has 5 heterocycles. The van der Waals surface area contributed by atoms with Gasteiger partial charge in [-0.25, -0.2) is 0 Å². The van der Waals surface area contributed by atoms with Crippen LogP contribution in [-0.4, -0.2) is 18.0 Å². The number of nitrogens with zero attached hydrogens (tertiary/aromatic N) is 5. The van der Waals surface area contributed by atoms with Crippen molar-refractivity contribution in [3.05, 3.63) is 365 Å². The smallest absolute Gasteiger partial charge is 0.252 e. The lowest BCUT2D eigenvalue weighted by Crippen LogP contribution is -2.65. The van der Waals surface area contributed by atoms with E-state index < -0.39 is 48.4 Å². The number of hydrogen-bond donors (Lipinski definition) is 0. The zero-order valence-electron chi connectivity index (χ0n) is 81.2. The molecule has 0 radical (unpaired) electrons. The summed E-state index contributed by atoms with van der Waals surface area (Å²) in [4.78, 5) is 10.1. The Kier molecular flexibility index (Phi) is 14.4. The third-order valence-corrected chi connectivity index (χ3v) is 27.4. The number of hydrogen-bond acceptors (Lipinski definition) is 4. The topological polar surface area (TPSA) is 17.9 Å². The molecule has 22 rings (SSSR count). The standard InChI is InChI=1S/C115H105B2N5/c1-109(2,3)71-36-33-38-77(60-71)118-100-69-101-95(117-93-51-28-32-55-99(93)122(80-64-75(113(13,14)15)59-76(65-80)114(16,17)18)105-67-81(120-96-52-29-22-43-86(96)87-44-23-30-53-97(87)120)66-104(108(105)117)119(101)78-39-34-37-72(61-78)110(4,5)6)68-94(100)116-92-50-27-31-54-98(92)121(79-62-73(111(7,8)9)58-74(63-79)112(10,11)12)103-57-70(56-102(118)107(103)116)82-45-35-46-88-85-42-21-26-49-91(85)115(106(82)88)89-47-24-19-40-83(89)84-41-20-25-48-90(84)115/h19-69H,1-18H3/i22D,23D,29D,30D,43D,44D,52D,53D. The van der Waals surface area contributed by atoms with E-state index >= 15 is 0 Å². The second kappa shape index (κ2) is 26.2. The predicted octanol–water partition coefficient (Wildman–Crippen LogP) is 26.7. The summed E-state index contributed by atoms with van der Waals surface area (Å²) < 4.78 is 79.4. The number of rotatable bonds is 6. The van der Waals surface area contributed by atoms with Gasteiger partial charge in [0.25, 0.3) is 13.4 Å². The van der Waals surface area contributed by atoms with Crippen molar-refractivity contribution in [2.75, 3.05) is 19.6 Å². The third kappa shape index (κ3) is 11.1. The lowest BCUT2D eigenvalue weighted by Gasteiger charge is -2.48. The minimum Gasteiger partial charge on any atom is -0.311 e. The summed E-state index contributed by atoms with van der Waals surface area (Å²) in [5.74, 6) is 0. The Morgan fingerprint density at radius 2 is 0.590 bits per heavy atom. The Morgan fingerprint density at radius 3 is 1.01 bits per heavy atom. The van der Waals surface area contributed by atoms with Gasteiger partial charge in [0.15, 0.2) is 0 Å². The number of anilines is 12. The van der Waals surface area contributed by atoms with Crippen LogP contribution >= 0.6 is 0 Å². The Hall–Kier alpha value is -12.6. The van der Waals surface area contributed by atoms with E-state index in [9.17, 15) is 11.0 Å². The van der Waals surface area contributed by atoms with Crippen molar-refractivity contribution in [1.29, 1.82) is 0 Å². The summed E-state index contributed by atoms with van der Waals surface area (Å²) >= 11 is 0. The molecular formula is C115H105B2N5. The molecule has 0 fully saturated rings. The Bertz CT molecular complexity index is 7460. The molecular weight excluding hydrogens is 1470 g/mol. The van der Waals surface area contributed by atoms with Gasteiger partial charge in [-0.15, -0.1) is 0 Å². The number of para-hydroxylation sites is 4. The maximum absolute atomic E-state index is 10.2. The fourth-order valence-corrected chi connectivity index (χ4v) is 21.3. The normalized spacial score (nSPS) is 15.5. The van der Waals surface area contributed by atoms with Gasteiger partial charge in [0.1, 0.15) is 0 Å². The fraction of sp³-hybridized carbons (Fsp3) is 0.217. The highest BCUT2D eigenvalue weighted by molar-refractivity contribution is 7.03. The van der Waals surface area contributed by atoms with E-state index in [1.54, 1.807) is 4.57 Å². The predicted molar refractivity (Wildman–Crippen MR) is 523 cm³/mol. The summed E-state index contributed by atoms with van der Waals surface area (Å²) in [5.41, 5.74) is 35.5. The third-order valence-electron chi connectivity index (χ3n) is 27.4. The van der Waals surface area contributed by atoms with Crippen molar-refractivity contribution in [2.24, 2.45) is 0 Å². The van der Waals surface area contributed by atoms with Gasteiger partial charge in [0.2, 0.25) is 0 Å². The quantitative estimate of drug-likeness (QED) is 0.154. The molecule has 7 heteroatoms. The van der Waals surface area contributed by atoms with Crippen molar-refractivity contribution >= 4 is 136 Å². The zero-order valence-corrected chi connectivity index (χ0v) is 73.2. The maximum atomic E-state index is 10.2. The Balaban J connectivity index is 0.913. The molecule has 6 aliphatic rings. The van der Waals surface area contributed by atoms with Gasteiger partial charge in [0, 0.05) is 79.0 Å². The van der Waals surface area contributed by atoms with Crippen LogP contribution in [0.3, 0.4) is 0 Å². The van der Waals surface area contributed by atoms with E-state index in [-0.39, 0.29) is 73.1 Å². The van der Waals surface area contributed by atoms with Crippen LogP contribution in [0.5, 0.6) is 0 Å². The van der Waals surface area contributed by atoms with E-state index in [2.05, 4.69) is 405 Å². The maximum Gasteiger partial charge on any atom is 0.252 e. The molecule has 0 bridgehead atoms. The number of aromatic nitrogens is 1. The SMILES string of the molecule is [2H]c1c([2H])c([2H])c2c(c1[2H])c1c([2H])c([2H])c([2H])c([2H])c1n2-c1cc2c3c(c1)N(c1cccc(C(C)(C)C)c1)c1cc4c(cc1B3c1ccccc1N2c1cc(C(C)(C)C)cc(C(C)(C)C)c1)B1c2ccccc2N(c2cc(C(C)(C)C)cc(C(C)(C)C)c2)c2cc(-c3cccc5c3C3(c6ccccc6-c6ccccc63)c3ccccc3-5)cc(c21)N4c1cccc(C(C)(C)C)c1. The molecule has 15 aromatic carbocycles. The molecule has 0 saturated carbocycles. The number of benzene rings is 15. The van der Waals surface area contributed by atoms with Crippen molar-refractivity contribution in [3.63, 3.8) is 0 Å². The van der Waals surface area contributed by atoms with Gasteiger partial charge in [-0.2, -0.15) is 0 Å². The van der Waals surface area contributed by atoms with Crippen LogP contribution in [0, 0.1) is 0 Å². The minimum atomic E-state index is -0.702. The second-order valence-electron chi connectivity index (χ2n) is 41.2. The molecule has 122 heavy (non-hydrogen) atoms. The first-order chi connectivity index (χ1) is 61.6. The van der Waals surface area contributed by atoms with Crippen LogP contribution in [0.4, 0.5) is 68.2 Å². The van der Waals surface area contributed by atoms with Gasteiger partial charge in [-0.05, 0) is 257 Å².